The minimum Gasteiger partial charge on any atom is -0.336 e. The lowest BCUT2D eigenvalue weighted by atomic mass is 10.1. The molecule has 1 amide bonds. The lowest BCUT2D eigenvalue weighted by molar-refractivity contribution is -0.148. The quantitative estimate of drug-likeness (QED) is 0.850. The summed E-state index contributed by atoms with van der Waals surface area (Å²) in [7, 11) is 0. The van der Waals surface area contributed by atoms with Crippen LogP contribution in [0.4, 0.5) is 13.2 Å². The van der Waals surface area contributed by atoms with Crippen molar-refractivity contribution in [2.45, 2.75) is 6.18 Å². The molecule has 118 valence electrons. The highest BCUT2D eigenvalue weighted by Gasteiger charge is 2.33. The molecule has 1 aliphatic rings. The van der Waals surface area contributed by atoms with Crippen LogP contribution in [0.1, 0.15) is 10.4 Å². The summed E-state index contributed by atoms with van der Waals surface area (Å²) in [5.41, 5.74) is 3.02. The SMILES string of the molecule is O=C(c1ccc2scnc2c1)N1CCN(CC(F)(F)F)CC1. The summed E-state index contributed by atoms with van der Waals surface area (Å²) in [5, 5.41) is 0. The fourth-order valence-corrected chi connectivity index (χ4v) is 3.19. The number of carbonyl (C=O) groups excluding carboxylic acids is 1. The fourth-order valence-electron chi connectivity index (χ4n) is 2.54. The molecule has 1 aromatic heterocycles. The molecule has 0 N–H and O–H groups in total. The van der Waals surface area contributed by atoms with Crippen LogP contribution in [0.5, 0.6) is 0 Å². The van der Waals surface area contributed by atoms with Crippen molar-refractivity contribution in [3.63, 3.8) is 0 Å². The van der Waals surface area contributed by atoms with E-state index < -0.39 is 12.7 Å². The van der Waals surface area contributed by atoms with Crippen LogP contribution in [0.25, 0.3) is 10.2 Å². The molecule has 8 heteroatoms. The number of rotatable bonds is 2. The van der Waals surface area contributed by atoms with E-state index in [9.17, 15) is 18.0 Å². The van der Waals surface area contributed by atoms with Gasteiger partial charge in [-0.2, -0.15) is 13.2 Å². The zero-order chi connectivity index (χ0) is 15.7. The molecule has 22 heavy (non-hydrogen) atoms. The van der Waals surface area contributed by atoms with E-state index in [4.69, 9.17) is 0 Å². The number of nitrogens with zero attached hydrogens (tertiary/aromatic N) is 3. The molecular weight excluding hydrogens is 315 g/mol. The number of halogens is 3. The Labute approximate surface area is 129 Å². The Morgan fingerprint density at radius 2 is 1.95 bits per heavy atom. The van der Waals surface area contributed by atoms with Crippen molar-refractivity contribution in [2.24, 2.45) is 0 Å². The van der Waals surface area contributed by atoms with E-state index in [-0.39, 0.29) is 19.0 Å². The fraction of sp³-hybridized carbons (Fsp3) is 0.429. The minimum absolute atomic E-state index is 0.151. The van der Waals surface area contributed by atoms with E-state index in [2.05, 4.69) is 4.98 Å². The summed E-state index contributed by atoms with van der Waals surface area (Å²) in [5.74, 6) is -0.151. The summed E-state index contributed by atoms with van der Waals surface area (Å²) in [4.78, 5) is 19.5. The molecular formula is C14H14F3N3OS. The molecule has 0 radical (unpaired) electrons. The van der Waals surface area contributed by atoms with Crippen LogP contribution in [0.15, 0.2) is 23.7 Å². The van der Waals surface area contributed by atoms with Crippen molar-refractivity contribution >= 4 is 27.5 Å². The lowest BCUT2D eigenvalue weighted by Crippen LogP contribution is -2.50. The molecule has 0 atom stereocenters. The molecule has 4 nitrogen and oxygen atoms in total. The van der Waals surface area contributed by atoms with Crippen molar-refractivity contribution in [2.75, 3.05) is 32.7 Å². The number of carbonyl (C=O) groups is 1. The first kappa shape index (κ1) is 15.2. The third-order valence-electron chi connectivity index (χ3n) is 3.64. The molecule has 1 aliphatic heterocycles. The standard InChI is InChI=1S/C14H14F3N3OS/c15-14(16,17)8-19-3-5-20(6-4-19)13(21)10-1-2-12-11(7-10)18-9-22-12/h1-2,7,9H,3-6,8H2. The topological polar surface area (TPSA) is 36.4 Å². The summed E-state index contributed by atoms with van der Waals surface area (Å²) in [6, 6.07) is 5.32. The molecule has 1 fully saturated rings. The van der Waals surface area contributed by atoms with Gasteiger partial charge >= 0.3 is 6.18 Å². The van der Waals surface area contributed by atoms with Crippen LogP contribution in [-0.2, 0) is 0 Å². The van der Waals surface area contributed by atoms with Gasteiger partial charge in [0.05, 0.1) is 22.3 Å². The van der Waals surface area contributed by atoms with Gasteiger partial charge in [0.1, 0.15) is 0 Å². The number of hydrogen-bond acceptors (Lipinski definition) is 4. The highest BCUT2D eigenvalue weighted by Crippen LogP contribution is 2.21. The van der Waals surface area contributed by atoms with E-state index >= 15 is 0 Å². The van der Waals surface area contributed by atoms with Gasteiger partial charge in [-0.05, 0) is 18.2 Å². The van der Waals surface area contributed by atoms with Crippen molar-refractivity contribution in [1.29, 1.82) is 0 Å². The third kappa shape index (κ3) is 3.38. The van der Waals surface area contributed by atoms with E-state index in [0.29, 0.717) is 18.7 Å². The average Bonchev–Trinajstić information content (AvgIpc) is 2.93. The third-order valence-corrected chi connectivity index (χ3v) is 4.45. The van der Waals surface area contributed by atoms with Gasteiger partial charge in [0.2, 0.25) is 0 Å². The maximum absolute atomic E-state index is 12.4. The lowest BCUT2D eigenvalue weighted by Gasteiger charge is -2.35. The van der Waals surface area contributed by atoms with Gasteiger partial charge in [-0.25, -0.2) is 4.98 Å². The van der Waals surface area contributed by atoms with Gasteiger partial charge in [-0.15, -0.1) is 11.3 Å². The van der Waals surface area contributed by atoms with Gasteiger partial charge in [-0.1, -0.05) is 0 Å². The highest BCUT2D eigenvalue weighted by molar-refractivity contribution is 7.16. The average molecular weight is 329 g/mol. The van der Waals surface area contributed by atoms with Crippen molar-refractivity contribution in [1.82, 2.24) is 14.8 Å². The number of piperazine rings is 1. The molecule has 1 aromatic carbocycles. The molecule has 0 bridgehead atoms. The predicted octanol–water partition coefficient (Wildman–Crippen LogP) is 2.62. The Morgan fingerprint density at radius 3 is 2.64 bits per heavy atom. The number of hydrogen-bond donors (Lipinski definition) is 0. The van der Waals surface area contributed by atoms with E-state index in [1.807, 2.05) is 6.07 Å². The highest BCUT2D eigenvalue weighted by atomic mass is 32.1. The number of fused-ring (bicyclic) bond motifs is 1. The maximum atomic E-state index is 12.4. The second-order valence-corrected chi connectivity index (χ2v) is 6.10. The van der Waals surface area contributed by atoms with Crippen molar-refractivity contribution < 1.29 is 18.0 Å². The Morgan fingerprint density at radius 1 is 1.23 bits per heavy atom. The van der Waals surface area contributed by atoms with Gasteiger partial charge in [-0.3, -0.25) is 9.69 Å². The van der Waals surface area contributed by atoms with Crippen LogP contribution in [-0.4, -0.2) is 59.6 Å². The van der Waals surface area contributed by atoms with Gasteiger partial charge in [0, 0.05) is 31.7 Å². The van der Waals surface area contributed by atoms with Crippen LogP contribution < -0.4 is 0 Å². The smallest absolute Gasteiger partial charge is 0.336 e. The number of alkyl halides is 3. The molecule has 2 heterocycles. The first-order valence-electron chi connectivity index (χ1n) is 6.84. The van der Waals surface area contributed by atoms with E-state index in [0.717, 1.165) is 10.2 Å². The van der Waals surface area contributed by atoms with Crippen molar-refractivity contribution in [3.8, 4) is 0 Å². The van der Waals surface area contributed by atoms with Gasteiger partial charge in [0.15, 0.2) is 0 Å². The molecule has 0 unspecified atom stereocenters. The second-order valence-electron chi connectivity index (χ2n) is 5.22. The molecule has 3 rings (SSSR count). The minimum atomic E-state index is -4.19. The Bertz CT molecular complexity index is 677. The number of benzene rings is 1. The Hall–Kier alpha value is -1.67. The van der Waals surface area contributed by atoms with Crippen LogP contribution in [0.3, 0.4) is 0 Å². The van der Waals surface area contributed by atoms with Gasteiger partial charge in [0.25, 0.3) is 5.91 Å². The largest absolute Gasteiger partial charge is 0.401 e. The number of thiazole rings is 1. The summed E-state index contributed by atoms with van der Waals surface area (Å²) < 4.78 is 38.1. The van der Waals surface area contributed by atoms with E-state index in [1.165, 1.54) is 16.2 Å². The molecule has 0 saturated carbocycles. The second kappa shape index (κ2) is 5.85. The predicted molar refractivity (Wildman–Crippen MR) is 78.0 cm³/mol. The first-order chi connectivity index (χ1) is 10.4. The van der Waals surface area contributed by atoms with Crippen LogP contribution in [0, 0.1) is 0 Å². The summed E-state index contributed by atoms with van der Waals surface area (Å²) in [6.45, 7) is 0.183. The maximum Gasteiger partial charge on any atom is 0.401 e. The normalized spacial score (nSPS) is 17.1. The first-order valence-corrected chi connectivity index (χ1v) is 7.72. The summed E-state index contributed by atoms with van der Waals surface area (Å²) >= 11 is 1.50. The van der Waals surface area contributed by atoms with Crippen molar-refractivity contribution in [3.05, 3.63) is 29.3 Å². The number of amides is 1. The monoisotopic (exact) mass is 329 g/mol. The zero-order valence-corrected chi connectivity index (χ0v) is 12.5. The Balaban J connectivity index is 1.64. The molecule has 1 saturated heterocycles. The zero-order valence-electron chi connectivity index (χ0n) is 11.6. The van der Waals surface area contributed by atoms with Crippen LogP contribution >= 0.6 is 11.3 Å². The molecule has 0 aliphatic carbocycles. The molecule has 2 aromatic rings. The summed E-state index contributed by atoms with van der Waals surface area (Å²) in [6.07, 6.45) is -4.19. The van der Waals surface area contributed by atoms with Gasteiger partial charge < -0.3 is 4.90 Å². The number of aromatic nitrogens is 1. The Kier molecular flexibility index (Phi) is 4.05. The molecule has 0 spiro atoms. The van der Waals surface area contributed by atoms with Crippen LogP contribution in [0.2, 0.25) is 0 Å². The van der Waals surface area contributed by atoms with E-state index in [1.54, 1.807) is 22.5 Å².